The number of amides is 3. The molecule has 9 heteroatoms. The number of methoxy groups -OCH3 is 1. The Morgan fingerprint density at radius 1 is 1.11 bits per heavy atom. The number of nitrogens with two attached hydrogens (primary N) is 2. The lowest BCUT2D eigenvalue weighted by Crippen LogP contribution is -2.22. The topological polar surface area (TPSA) is 134 Å². The van der Waals surface area contributed by atoms with E-state index in [1.54, 1.807) is 30.3 Å². The molecule has 0 aliphatic rings. The van der Waals surface area contributed by atoms with Gasteiger partial charge in [0.2, 0.25) is 5.91 Å². The molecule has 142 valence electrons. The van der Waals surface area contributed by atoms with E-state index in [4.69, 9.17) is 20.9 Å². The smallest absolute Gasteiger partial charge is 0.262 e. The van der Waals surface area contributed by atoms with Crippen molar-refractivity contribution < 1.29 is 23.9 Å². The predicted molar refractivity (Wildman–Crippen MR) is 102 cm³/mol. The highest BCUT2D eigenvalue weighted by atomic mass is 32.2. The van der Waals surface area contributed by atoms with Gasteiger partial charge in [-0.1, -0.05) is 12.1 Å². The van der Waals surface area contributed by atoms with Crippen molar-refractivity contribution >= 4 is 35.2 Å². The number of primary amides is 2. The Morgan fingerprint density at radius 3 is 2.52 bits per heavy atom. The van der Waals surface area contributed by atoms with Crippen LogP contribution in [0.4, 0.5) is 5.69 Å². The Bertz CT molecular complexity index is 857. The summed E-state index contributed by atoms with van der Waals surface area (Å²) in [4.78, 5) is 35.4. The Hall–Kier alpha value is -3.20. The molecule has 0 heterocycles. The number of rotatable bonds is 9. The second-order valence-corrected chi connectivity index (χ2v) is 6.33. The number of ether oxygens (including phenoxy) is 2. The number of hydrogen-bond donors (Lipinski definition) is 3. The second-order valence-electron chi connectivity index (χ2n) is 5.31. The third kappa shape index (κ3) is 5.93. The van der Waals surface area contributed by atoms with Crippen LogP contribution in [0.5, 0.6) is 11.5 Å². The van der Waals surface area contributed by atoms with E-state index in [0.29, 0.717) is 16.3 Å². The molecule has 0 radical (unpaired) electrons. The van der Waals surface area contributed by atoms with E-state index >= 15 is 0 Å². The fraction of sp³-hybridized carbons (Fsp3) is 0.167. The first-order valence-corrected chi connectivity index (χ1v) is 8.80. The van der Waals surface area contributed by atoms with Crippen LogP contribution < -0.4 is 26.3 Å². The zero-order valence-corrected chi connectivity index (χ0v) is 15.4. The van der Waals surface area contributed by atoms with E-state index in [2.05, 4.69) is 5.32 Å². The maximum Gasteiger partial charge on any atom is 0.262 e. The standard InChI is InChI=1S/C18H19N3O5S/c1-25-11-6-7-14(12(8-11)18(20)24)26-9-17(23)21-13-4-2-3-5-15(13)27-10-16(19)22/h2-8H,9-10H2,1H3,(H2,19,22)(H2,20,24)(H,21,23). The lowest BCUT2D eigenvalue weighted by Gasteiger charge is -2.13. The number of thioether (sulfide) groups is 1. The molecule has 2 aromatic rings. The molecule has 0 fully saturated rings. The molecule has 0 saturated carbocycles. The lowest BCUT2D eigenvalue weighted by atomic mass is 10.2. The van der Waals surface area contributed by atoms with Crippen LogP contribution in [0.2, 0.25) is 0 Å². The second kappa shape index (κ2) is 9.48. The van der Waals surface area contributed by atoms with Gasteiger partial charge in [0, 0.05) is 4.90 Å². The number of para-hydroxylation sites is 1. The Balaban J connectivity index is 2.03. The first kappa shape index (κ1) is 20.1. The number of nitrogens with one attached hydrogen (secondary N) is 1. The average Bonchev–Trinajstić information content (AvgIpc) is 2.65. The summed E-state index contributed by atoms with van der Waals surface area (Å²) in [5.74, 6) is -0.873. The van der Waals surface area contributed by atoms with E-state index < -0.39 is 17.7 Å². The van der Waals surface area contributed by atoms with Gasteiger partial charge in [0.25, 0.3) is 11.8 Å². The minimum absolute atomic E-state index is 0.0944. The fourth-order valence-corrected chi connectivity index (χ4v) is 2.88. The van der Waals surface area contributed by atoms with Gasteiger partial charge in [0.15, 0.2) is 6.61 Å². The molecule has 0 aliphatic heterocycles. The van der Waals surface area contributed by atoms with Crippen molar-refractivity contribution in [3.8, 4) is 11.5 Å². The van der Waals surface area contributed by atoms with Gasteiger partial charge in [-0.25, -0.2) is 0 Å². The summed E-state index contributed by atoms with van der Waals surface area (Å²) >= 11 is 1.22. The lowest BCUT2D eigenvalue weighted by molar-refractivity contribution is -0.118. The SMILES string of the molecule is COc1ccc(OCC(=O)Nc2ccccc2SCC(N)=O)c(C(N)=O)c1. The van der Waals surface area contributed by atoms with Crippen molar-refractivity contribution in [2.75, 3.05) is 24.8 Å². The third-order valence-corrected chi connectivity index (χ3v) is 4.44. The molecule has 3 amide bonds. The zero-order valence-electron chi connectivity index (χ0n) is 14.6. The molecule has 2 rings (SSSR count). The van der Waals surface area contributed by atoms with Crippen LogP contribution in [-0.4, -0.2) is 37.2 Å². The van der Waals surface area contributed by atoms with Crippen LogP contribution in [0, 0.1) is 0 Å². The summed E-state index contributed by atoms with van der Waals surface area (Å²) in [5, 5.41) is 2.70. The van der Waals surface area contributed by atoms with Crippen LogP contribution in [0.1, 0.15) is 10.4 Å². The van der Waals surface area contributed by atoms with Crippen molar-refractivity contribution in [2.45, 2.75) is 4.90 Å². The van der Waals surface area contributed by atoms with Gasteiger partial charge in [-0.3, -0.25) is 14.4 Å². The summed E-state index contributed by atoms with van der Waals surface area (Å²) in [6, 6.07) is 11.5. The average molecular weight is 389 g/mol. The molecule has 0 saturated heterocycles. The molecule has 0 unspecified atom stereocenters. The van der Waals surface area contributed by atoms with Crippen molar-refractivity contribution in [2.24, 2.45) is 11.5 Å². The molecule has 27 heavy (non-hydrogen) atoms. The first-order chi connectivity index (χ1) is 12.9. The van der Waals surface area contributed by atoms with Crippen molar-refractivity contribution in [1.29, 1.82) is 0 Å². The maximum atomic E-state index is 12.2. The monoisotopic (exact) mass is 389 g/mol. The highest BCUT2D eigenvalue weighted by Gasteiger charge is 2.14. The summed E-state index contributed by atoms with van der Waals surface area (Å²) < 4.78 is 10.5. The molecular weight excluding hydrogens is 370 g/mol. The highest BCUT2D eigenvalue weighted by molar-refractivity contribution is 8.00. The summed E-state index contributed by atoms with van der Waals surface area (Å²) in [5.41, 5.74) is 11.1. The molecule has 0 aliphatic carbocycles. The van der Waals surface area contributed by atoms with Crippen molar-refractivity contribution in [1.82, 2.24) is 0 Å². The molecule has 0 spiro atoms. The van der Waals surface area contributed by atoms with Gasteiger partial charge in [0.1, 0.15) is 11.5 Å². The van der Waals surface area contributed by atoms with E-state index in [-0.39, 0.29) is 23.7 Å². The largest absolute Gasteiger partial charge is 0.497 e. The van der Waals surface area contributed by atoms with Gasteiger partial charge in [0.05, 0.1) is 24.1 Å². The molecule has 0 aromatic heterocycles. The van der Waals surface area contributed by atoms with Crippen LogP contribution in [0.15, 0.2) is 47.4 Å². The zero-order chi connectivity index (χ0) is 19.8. The highest BCUT2D eigenvalue weighted by Crippen LogP contribution is 2.27. The molecule has 0 bridgehead atoms. The summed E-state index contributed by atoms with van der Waals surface area (Å²) in [6.45, 7) is -0.332. The molecule has 2 aromatic carbocycles. The molecule has 5 N–H and O–H groups in total. The Labute approximate surface area is 160 Å². The summed E-state index contributed by atoms with van der Waals surface area (Å²) in [6.07, 6.45) is 0. The quantitative estimate of drug-likeness (QED) is 0.555. The Kier molecular flexibility index (Phi) is 7.07. The predicted octanol–water partition coefficient (Wildman–Crippen LogP) is 1.39. The van der Waals surface area contributed by atoms with Crippen LogP contribution in [0.25, 0.3) is 0 Å². The van der Waals surface area contributed by atoms with E-state index in [1.807, 2.05) is 0 Å². The van der Waals surface area contributed by atoms with E-state index in [0.717, 1.165) is 0 Å². The molecule has 8 nitrogen and oxygen atoms in total. The van der Waals surface area contributed by atoms with Gasteiger partial charge >= 0.3 is 0 Å². The molecular formula is C18H19N3O5S. The van der Waals surface area contributed by atoms with Crippen LogP contribution >= 0.6 is 11.8 Å². The van der Waals surface area contributed by atoms with Gasteiger partial charge in [-0.15, -0.1) is 11.8 Å². The van der Waals surface area contributed by atoms with E-state index in [9.17, 15) is 14.4 Å². The molecule has 0 atom stereocenters. The first-order valence-electron chi connectivity index (χ1n) is 7.81. The van der Waals surface area contributed by atoms with Crippen molar-refractivity contribution in [3.05, 3.63) is 48.0 Å². The fourth-order valence-electron chi connectivity index (χ4n) is 2.13. The summed E-state index contributed by atoms with van der Waals surface area (Å²) in [7, 11) is 1.46. The number of hydrogen-bond acceptors (Lipinski definition) is 6. The number of carbonyl (C=O) groups is 3. The number of carbonyl (C=O) groups excluding carboxylic acids is 3. The maximum absolute atomic E-state index is 12.2. The van der Waals surface area contributed by atoms with Gasteiger partial charge < -0.3 is 26.3 Å². The number of anilines is 1. The van der Waals surface area contributed by atoms with Crippen molar-refractivity contribution in [3.63, 3.8) is 0 Å². The Morgan fingerprint density at radius 2 is 1.85 bits per heavy atom. The van der Waals surface area contributed by atoms with Gasteiger partial charge in [-0.05, 0) is 30.3 Å². The number of benzene rings is 2. The minimum Gasteiger partial charge on any atom is -0.497 e. The van der Waals surface area contributed by atoms with Gasteiger partial charge in [-0.2, -0.15) is 0 Å². The van der Waals surface area contributed by atoms with E-state index in [1.165, 1.54) is 31.0 Å². The third-order valence-electron chi connectivity index (χ3n) is 3.34. The van der Waals surface area contributed by atoms with Crippen LogP contribution in [0.3, 0.4) is 0 Å². The van der Waals surface area contributed by atoms with Crippen LogP contribution in [-0.2, 0) is 9.59 Å². The normalized spacial score (nSPS) is 10.1. The minimum atomic E-state index is -0.697.